The Morgan fingerprint density at radius 2 is 1.71 bits per heavy atom. The predicted molar refractivity (Wildman–Crippen MR) is 145 cm³/mol. The van der Waals surface area contributed by atoms with Crippen molar-refractivity contribution >= 4 is 43.0 Å². The lowest BCUT2D eigenvalue weighted by Crippen LogP contribution is -2.36. The lowest BCUT2D eigenvalue weighted by molar-refractivity contribution is -0.137. The highest BCUT2D eigenvalue weighted by Gasteiger charge is 2.34. The van der Waals surface area contributed by atoms with Gasteiger partial charge >= 0.3 is 6.18 Å². The van der Waals surface area contributed by atoms with Crippen LogP contribution in [0.3, 0.4) is 0 Å². The van der Waals surface area contributed by atoms with E-state index in [2.05, 4.69) is 10.3 Å². The molecule has 1 fully saturated rings. The maximum Gasteiger partial charge on any atom is 0.416 e. The van der Waals surface area contributed by atoms with Crippen LogP contribution in [0.4, 0.5) is 24.0 Å². The Morgan fingerprint density at radius 1 is 0.974 bits per heavy atom. The molecule has 5 rings (SSSR count). The molecule has 10 heteroatoms. The van der Waals surface area contributed by atoms with Crippen LogP contribution in [0.2, 0.25) is 0 Å². The first-order chi connectivity index (χ1) is 18.2. The summed E-state index contributed by atoms with van der Waals surface area (Å²) in [6, 6.07) is 17.9. The summed E-state index contributed by atoms with van der Waals surface area (Å²) >= 11 is 1.36. The normalized spacial score (nSPS) is 15.3. The van der Waals surface area contributed by atoms with E-state index in [9.17, 15) is 21.6 Å². The molecule has 1 heterocycles. The summed E-state index contributed by atoms with van der Waals surface area (Å²) in [7, 11) is -4.18. The number of halogens is 3. The molecule has 1 aliphatic carbocycles. The molecular formula is C28H28F3N3O2S2. The average molecular weight is 560 g/mol. The first kappa shape index (κ1) is 26.6. The lowest BCUT2D eigenvalue weighted by Gasteiger charge is -2.29. The van der Waals surface area contributed by atoms with Crippen molar-refractivity contribution in [1.82, 2.24) is 9.29 Å². The second-order valence-corrected chi connectivity index (χ2v) is 12.4. The Morgan fingerprint density at radius 3 is 2.50 bits per heavy atom. The van der Waals surface area contributed by atoms with Crippen molar-refractivity contribution in [2.45, 2.75) is 49.7 Å². The first-order valence-corrected chi connectivity index (χ1v) is 14.9. The van der Waals surface area contributed by atoms with Crippen molar-refractivity contribution in [3.63, 3.8) is 0 Å². The Bertz CT molecular complexity index is 1510. The number of benzene rings is 3. The second-order valence-electron chi connectivity index (χ2n) is 9.62. The van der Waals surface area contributed by atoms with Crippen LogP contribution in [0, 0.1) is 5.92 Å². The molecule has 0 amide bonds. The Balaban J connectivity index is 1.41. The van der Waals surface area contributed by atoms with Gasteiger partial charge in [0.2, 0.25) is 10.0 Å². The van der Waals surface area contributed by atoms with Gasteiger partial charge in [-0.15, -0.1) is 11.3 Å². The van der Waals surface area contributed by atoms with E-state index < -0.39 is 21.8 Å². The number of thiazole rings is 1. The van der Waals surface area contributed by atoms with E-state index in [1.165, 1.54) is 21.7 Å². The summed E-state index contributed by atoms with van der Waals surface area (Å²) in [5, 5.41) is 7.86. The number of alkyl halides is 3. The Hall–Kier alpha value is -2.95. The van der Waals surface area contributed by atoms with Crippen molar-refractivity contribution in [2.75, 3.05) is 11.9 Å². The fourth-order valence-corrected chi connectivity index (χ4v) is 7.20. The van der Waals surface area contributed by atoms with Gasteiger partial charge in [-0.25, -0.2) is 13.4 Å². The summed E-state index contributed by atoms with van der Waals surface area (Å²) in [6.07, 6.45) is 0.345. The molecule has 1 aliphatic rings. The lowest BCUT2D eigenvalue weighted by atomic mass is 9.89. The van der Waals surface area contributed by atoms with Gasteiger partial charge in [0, 0.05) is 23.0 Å². The molecule has 5 nitrogen and oxygen atoms in total. The molecule has 0 spiro atoms. The van der Waals surface area contributed by atoms with E-state index in [4.69, 9.17) is 0 Å². The molecule has 1 saturated carbocycles. The molecule has 200 valence electrons. The largest absolute Gasteiger partial charge is 0.416 e. The SMILES string of the molecule is O=S(=O)(c1cccc(C(F)(F)F)c1)N(Cc1csc(Nc2cccc3ccccc23)n1)CC1CCCCC1. The van der Waals surface area contributed by atoms with Gasteiger partial charge < -0.3 is 5.32 Å². The highest BCUT2D eigenvalue weighted by Crippen LogP contribution is 2.33. The zero-order valence-electron chi connectivity index (χ0n) is 20.6. The number of aromatic nitrogens is 1. The molecule has 0 saturated heterocycles. The van der Waals surface area contributed by atoms with Gasteiger partial charge in [-0.05, 0) is 48.4 Å². The van der Waals surface area contributed by atoms with Crippen molar-refractivity contribution in [3.05, 3.63) is 83.4 Å². The van der Waals surface area contributed by atoms with Gasteiger partial charge in [0.05, 0.1) is 22.7 Å². The van der Waals surface area contributed by atoms with Crippen LogP contribution in [0.5, 0.6) is 0 Å². The molecule has 0 aliphatic heterocycles. The van der Waals surface area contributed by atoms with Crippen molar-refractivity contribution in [1.29, 1.82) is 0 Å². The minimum atomic E-state index is -4.63. The summed E-state index contributed by atoms with van der Waals surface area (Å²) < 4.78 is 68.6. The van der Waals surface area contributed by atoms with Crippen LogP contribution in [0.15, 0.2) is 77.0 Å². The van der Waals surface area contributed by atoms with Crippen LogP contribution in [0.25, 0.3) is 10.8 Å². The number of anilines is 2. The average Bonchev–Trinajstić information content (AvgIpc) is 3.35. The van der Waals surface area contributed by atoms with Crippen LogP contribution in [-0.2, 0) is 22.7 Å². The summed E-state index contributed by atoms with van der Waals surface area (Å²) in [6.45, 7) is 0.241. The predicted octanol–water partition coefficient (Wildman–Crippen LogP) is 7.83. The maximum absolute atomic E-state index is 13.7. The van der Waals surface area contributed by atoms with Crippen molar-refractivity contribution < 1.29 is 21.6 Å². The van der Waals surface area contributed by atoms with Gasteiger partial charge in [-0.3, -0.25) is 0 Å². The molecule has 38 heavy (non-hydrogen) atoms. The third kappa shape index (κ3) is 6.03. The van der Waals surface area contributed by atoms with Crippen LogP contribution in [-0.4, -0.2) is 24.3 Å². The number of hydrogen-bond acceptors (Lipinski definition) is 5. The number of nitrogens with zero attached hydrogens (tertiary/aromatic N) is 2. The summed E-state index contributed by atoms with van der Waals surface area (Å²) in [4.78, 5) is 4.28. The second kappa shape index (κ2) is 11.0. The number of nitrogens with one attached hydrogen (secondary N) is 1. The standard InChI is InChI=1S/C28H28F3N3O2S2/c29-28(30,31)22-12-7-13-24(16-22)38(35,36)34(17-20-8-2-1-3-9-20)18-23-19-37-27(32-23)33-26-15-6-11-21-10-4-5-14-25(21)26/h4-7,10-16,19-20H,1-3,8-9,17-18H2,(H,32,33). The topological polar surface area (TPSA) is 62.3 Å². The number of rotatable bonds is 8. The Labute approximate surface area is 224 Å². The molecule has 1 N–H and O–H groups in total. The van der Waals surface area contributed by atoms with Crippen molar-refractivity contribution in [2.24, 2.45) is 5.92 Å². The fraction of sp³-hybridized carbons (Fsp3) is 0.321. The quantitative estimate of drug-likeness (QED) is 0.239. The molecule has 0 radical (unpaired) electrons. The molecule has 3 aromatic carbocycles. The third-order valence-corrected chi connectivity index (χ3v) is 9.52. The summed E-state index contributed by atoms with van der Waals surface area (Å²) in [5.74, 6) is 0.163. The number of sulfonamides is 1. The molecule has 0 atom stereocenters. The molecule has 0 bridgehead atoms. The molecule has 0 unspecified atom stereocenters. The number of hydrogen-bond donors (Lipinski definition) is 1. The Kier molecular flexibility index (Phi) is 7.74. The van der Waals surface area contributed by atoms with E-state index in [0.29, 0.717) is 10.8 Å². The maximum atomic E-state index is 13.7. The fourth-order valence-electron chi connectivity index (χ4n) is 4.95. The van der Waals surface area contributed by atoms with E-state index in [1.54, 1.807) is 5.38 Å². The smallest absolute Gasteiger partial charge is 0.331 e. The van der Waals surface area contributed by atoms with Crippen LogP contribution >= 0.6 is 11.3 Å². The zero-order chi connectivity index (χ0) is 26.8. The van der Waals surface area contributed by atoms with Crippen molar-refractivity contribution in [3.8, 4) is 0 Å². The number of fused-ring (bicyclic) bond motifs is 1. The molecular weight excluding hydrogens is 531 g/mol. The van der Waals surface area contributed by atoms with Gasteiger partial charge in [0.25, 0.3) is 0 Å². The van der Waals surface area contributed by atoms with Gasteiger partial charge in [-0.2, -0.15) is 17.5 Å². The van der Waals surface area contributed by atoms with Gasteiger partial charge in [0.15, 0.2) is 5.13 Å². The van der Waals surface area contributed by atoms with Crippen LogP contribution in [0.1, 0.15) is 43.4 Å². The van der Waals surface area contributed by atoms with E-state index in [1.807, 2.05) is 42.5 Å². The first-order valence-electron chi connectivity index (χ1n) is 12.6. The van der Waals surface area contributed by atoms with Gasteiger partial charge in [-0.1, -0.05) is 61.7 Å². The highest BCUT2D eigenvalue weighted by atomic mass is 32.2. The van der Waals surface area contributed by atoms with E-state index in [0.717, 1.165) is 66.8 Å². The van der Waals surface area contributed by atoms with Crippen LogP contribution < -0.4 is 5.32 Å². The third-order valence-electron chi connectivity index (χ3n) is 6.91. The van der Waals surface area contributed by atoms with E-state index >= 15 is 0 Å². The van der Waals surface area contributed by atoms with Gasteiger partial charge in [0.1, 0.15) is 0 Å². The highest BCUT2D eigenvalue weighted by molar-refractivity contribution is 7.89. The zero-order valence-corrected chi connectivity index (χ0v) is 22.2. The summed E-state index contributed by atoms with van der Waals surface area (Å²) in [5.41, 5.74) is 0.454. The van der Waals surface area contributed by atoms with E-state index in [-0.39, 0.29) is 23.9 Å². The molecule has 1 aromatic heterocycles. The minimum Gasteiger partial charge on any atom is -0.331 e. The minimum absolute atomic E-state index is 0.0111. The molecule has 4 aromatic rings. The monoisotopic (exact) mass is 559 g/mol.